The number of amides is 1. The molecule has 2 rings (SSSR count). The Hall–Kier alpha value is -2.29. The Morgan fingerprint density at radius 2 is 1.38 bits per heavy atom. The van der Waals surface area contributed by atoms with Crippen molar-refractivity contribution in [1.29, 1.82) is 0 Å². The van der Waals surface area contributed by atoms with Gasteiger partial charge in [-0.15, -0.1) is 0 Å². The molecular formula is C21H28N2O. The first kappa shape index (κ1) is 18.1. The molecule has 2 aromatic carbocycles. The van der Waals surface area contributed by atoms with Crippen molar-refractivity contribution >= 4 is 11.6 Å². The molecule has 0 saturated heterocycles. The van der Waals surface area contributed by atoms with Gasteiger partial charge in [0.05, 0.1) is 6.42 Å². The Kier molecular flexibility index (Phi) is 6.86. The van der Waals surface area contributed by atoms with E-state index in [1.54, 1.807) is 0 Å². The van der Waals surface area contributed by atoms with Crippen LogP contribution in [-0.4, -0.2) is 19.0 Å². The van der Waals surface area contributed by atoms with Crippen LogP contribution in [0.1, 0.15) is 37.5 Å². The molecule has 0 atom stereocenters. The number of nitrogens with one attached hydrogen (secondary N) is 1. The van der Waals surface area contributed by atoms with Crippen LogP contribution in [0.25, 0.3) is 0 Å². The van der Waals surface area contributed by atoms with Crippen molar-refractivity contribution in [2.75, 3.05) is 18.0 Å². The lowest BCUT2D eigenvalue weighted by Crippen LogP contribution is -2.25. The number of hydrogen-bond acceptors (Lipinski definition) is 2. The van der Waals surface area contributed by atoms with Crippen LogP contribution in [0.5, 0.6) is 0 Å². The van der Waals surface area contributed by atoms with Crippen molar-refractivity contribution in [2.45, 2.75) is 40.2 Å². The zero-order valence-corrected chi connectivity index (χ0v) is 15.0. The molecule has 24 heavy (non-hydrogen) atoms. The maximum atomic E-state index is 12.1. The fourth-order valence-corrected chi connectivity index (χ4v) is 2.75. The van der Waals surface area contributed by atoms with Crippen molar-refractivity contribution in [2.24, 2.45) is 0 Å². The molecule has 128 valence electrons. The molecule has 0 spiro atoms. The van der Waals surface area contributed by atoms with E-state index in [9.17, 15) is 4.79 Å². The van der Waals surface area contributed by atoms with E-state index in [-0.39, 0.29) is 5.91 Å². The molecule has 0 fully saturated rings. The third-order valence-corrected chi connectivity index (χ3v) is 4.35. The number of nitrogens with zero attached hydrogens (tertiary/aromatic N) is 1. The SMILES string of the molecule is CCc1ccc(CC(=O)NCc2ccc(N(CC)CC)cc2)cc1. The van der Waals surface area contributed by atoms with Crippen molar-refractivity contribution in [3.05, 3.63) is 65.2 Å². The van der Waals surface area contributed by atoms with Gasteiger partial charge in [-0.3, -0.25) is 4.79 Å². The van der Waals surface area contributed by atoms with E-state index < -0.39 is 0 Å². The monoisotopic (exact) mass is 324 g/mol. The van der Waals surface area contributed by atoms with Gasteiger partial charge in [0.2, 0.25) is 5.91 Å². The van der Waals surface area contributed by atoms with E-state index in [1.807, 2.05) is 12.1 Å². The Morgan fingerprint density at radius 1 is 0.833 bits per heavy atom. The molecule has 1 N–H and O–H groups in total. The summed E-state index contributed by atoms with van der Waals surface area (Å²) in [5.41, 5.74) is 4.71. The van der Waals surface area contributed by atoms with Gasteiger partial charge in [-0.05, 0) is 49.1 Å². The van der Waals surface area contributed by atoms with Crippen LogP contribution in [0.4, 0.5) is 5.69 Å². The smallest absolute Gasteiger partial charge is 0.224 e. The number of rotatable bonds is 8. The van der Waals surface area contributed by atoms with Gasteiger partial charge in [-0.2, -0.15) is 0 Å². The molecule has 0 aliphatic carbocycles. The molecule has 2 aromatic rings. The molecule has 3 nitrogen and oxygen atoms in total. The molecule has 0 aromatic heterocycles. The molecule has 0 radical (unpaired) electrons. The Balaban J connectivity index is 1.84. The van der Waals surface area contributed by atoms with Crippen LogP contribution >= 0.6 is 0 Å². The van der Waals surface area contributed by atoms with Gasteiger partial charge in [-0.1, -0.05) is 43.3 Å². The van der Waals surface area contributed by atoms with Crippen LogP contribution in [0, 0.1) is 0 Å². The van der Waals surface area contributed by atoms with Gasteiger partial charge in [0.15, 0.2) is 0 Å². The number of aryl methyl sites for hydroxylation is 1. The van der Waals surface area contributed by atoms with Gasteiger partial charge >= 0.3 is 0 Å². The second-order valence-corrected chi connectivity index (χ2v) is 5.96. The van der Waals surface area contributed by atoms with Gasteiger partial charge in [0.25, 0.3) is 0 Å². The molecule has 3 heteroatoms. The molecule has 0 saturated carbocycles. The number of carbonyl (C=O) groups excluding carboxylic acids is 1. The fraction of sp³-hybridized carbons (Fsp3) is 0.381. The summed E-state index contributed by atoms with van der Waals surface area (Å²) in [6, 6.07) is 16.7. The summed E-state index contributed by atoms with van der Waals surface area (Å²) in [4.78, 5) is 14.4. The maximum Gasteiger partial charge on any atom is 0.224 e. The van der Waals surface area contributed by atoms with Crippen LogP contribution in [0.2, 0.25) is 0 Å². The fourth-order valence-electron chi connectivity index (χ4n) is 2.75. The zero-order valence-electron chi connectivity index (χ0n) is 15.0. The predicted octanol–water partition coefficient (Wildman–Crippen LogP) is 3.95. The lowest BCUT2D eigenvalue weighted by molar-refractivity contribution is -0.120. The first-order chi connectivity index (χ1) is 11.7. The number of hydrogen-bond donors (Lipinski definition) is 1. The summed E-state index contributed by atoms with van der Waals surface area (Å²) in [7, 11) is 0. The van der Waals surface area contributed by atoms with Gasteiger partial charge in [0.1, 0.15) is 0 Å². The lowest BCUT2D eigenvalue weighted by Gasteiger charge is -2.21. The summed E-state index contributed by atoms with van der Waals surface area (Å²) >= 11 is 0. The van der Waals surface area contributed by atoms with Crippen LogP contribution in [0.3, 0.4) is 0 Å². The highest BCUT2D eigenvalue weighted by Crippen LogP contribution is 2.14. The van der Waals surface area contributed by atoms with E-state index in [1.165, 1.54) is 11.3 Å². The average Bonchev–Trinajstić information content (AvgIpc) is 2.63. The summed E-state index contributed by atoms with van der Waals surface area (Å²) in [6.45, 7) is 9.03. The molecule has 0 aliphatic rings. The maximum absolute atomic E-state index is 12.1. The highest BCUT2D eigenvalue weighted by molar-refractivity contribution is 5.78. The normalized spacial score (nSPS) is 10.5. The van der Waals surface area contributed by atoms with Gasteiger partial charge in [0, 0.05) is 25.3 Å². The molecule has 0 aliphatic heterocycles. The highest BCUT2D eigenvalue weighted by Gasteiger charge is 2.05. The van der Waals surface area contributed by atoms with Crippen molar-refractivity contribution in [1.82, 2.24) is 5.32 Å². The Labute approximate surface area is 145 Å². The minimum Gasteiger partial charge on any atom is -0.372 e. The van der Waals surface area contributed by atoms with Crippen molar-refractivity contribution in [3.63, 3.8) is 0 Å². The van der Waals surface area contributed by atoms with Crippen LogP contribution in [-0.2, 0) is 24.2 Å². The second-order valence-electron chi connectivity index (χ2n) is 5.96. The van der Waals surface area contributed by atoms with Crippen LogP contribution < -0.4 is 10.2 Å². The van der Waals surface area contributed by atoms with E-state index in [2.05, 4.69) is 67.4 Å². The van der Waals surface area contributed by atoms with Crippen LogP contribution in [0.15, 0.2) is 48.5 Å². The quantitative estimate of drug-likeness (QED) is 0.797. The summed E-state index contributed by atoms with van der Waals surface area (Å²) in [6.07, 6.45) is 1.46. The minimum absolute atomic E-state index is 0.0621. The zero-order chi connectivity index (χ0) is 17.4. The van der Waals surface area contributed by atoms with E-state index >= 15 is 0 Å². The molecule has 0 heterocycles. The molecule has 0 unspecified atom stereocenters. The first-order valence-corrected chi connectivity index (χ1v) is 8.84. The summed E-state index contributed by atoms with van der Waals surface area (Å²) in [5.74, 6) is 0.0621. The van der Waals surface area contributed by atoms with Gasteiger partial charge < -0.3 is 10.2 Å². The molecule has 0 bridgehead atoms. The number of carbonyl (C=O) groups is 1. The largest absolute Gasteiger partial charge is 0.372 e. The Morgan fingerprint density at radius 3 is 1.92 bits per heavy atom. The van der Waals surface area contributed by atoms with E-state index in [0.717, 1.165) is 30.6 Å². The summed E-state index contributed by atoms with van der Waals surface area (Å²) in [5, 5.41) is 3.00. The number of anilines is 1. The summed E-state index contributed by atoms with van der Waals surface area (Å²) < 4.78 is 0. The topological polar surface area (TPSA) is 32.3 Å². The number of benzene rings is 2. The lowest BCUT2D eigenvalue weighted by atomic mass is 10.1. The average molecular weight is 324 g/mol. The molecular weight excluding hydrogens is 296 g/mol. The molecule has 1 amide bonds. The third-order valence-electron chi connectivity index (χ3n) is 4.35. The first-order valence-electron chi connectivity index (χ1n) is 8.84. The van der Waals surface area contributed by atoms with E-state index in [0.29, 0.717) is 13.0 Å². The standard InChI is InChI=1S/C21H28N2O/c1-4-17-7-9-18(10-8-17)15-21(24)22-16-19-11-13-20(14-12-19)23(5-2)6-3/h7-14H,4-6,15-16H2,1-3H3,(H,22,24). The third kappa shape index (κ3) is 5.12. The van der Waals surface area contributed by atoms with Crippen molar-refractivity contribution in [3.8, 4) is 0 Å². The van der Waals surface area contributed by atoms with Crippen molar-refractivity contribution < 1.29 is 4.79 Å². The predicted molar refractivity (Wildman–Crippen MR) is 101 cm³/mol. The second kappa shape index (κ2) is 9.11. The van der Waals surface area contributed by atoms with E-state index in [4.69, 9.17) is 0 Å². The Bertz CT molecular complexity index is 628. The van der Waals surface area contributed by atoms with Gasteiger partial charge in [-0.25, -0.2) is 0 Å². The minimum atomic E-state index is 0.0621. The highest BCUT2D eigenvalue weighted by atomic mass is 16.1.